The third-order valence-electron chi connectivity index (χ3n) is 6.44. The smallest absolute Gasteiger partial charge is 0.312 e. The van der Waals surface area contributed by atoms with Gasteiger partial charge in [0.25, 0.3) is 5.91 Å². The summed E-state index contributed by atoms with van der Waals surface area (Å²) in [5.74, 6) is 0.958. The van der Waals surface area contributed by atoms with Crippen molar-refractivity contribution in [2.24, 2.45) is 17.3 Å². The molecule has 1 aromatic carbocycles. The minimum atomic E-state index is -0.873. The number of rotatable bonds is 5. The molecular weight excluding hydrogens is 366 g/mol. The molecule has 0 saturated heterocycles. The Labute approximate surface area is 164 Å². The van der Waals surface area contributed by atoms with Crippen LogP contribution in [0.25, 0.3) is 0 Å². The first-order valence-corrected chi connectivity index (χ1v) is 10.0. The minimum Gasteiger partial charge on any atom is -0.495 e. The monoisotopic (exact) mass is 391 g/mol. The summed E-state index contributed by atoms with van der Waals surface area (Å²) in [7, 11) is 1.55. The van der Waals surface area contributed by atoms with Crippen molar-refractivity contribution in [2.75, 3.05) is 12.4 Å². The van der Waals surface area contributed by atoms with Crippen molar-refractivity contribution in [1.29, 1.82) is 0 Å². The summed E-state index contributed by atoms with van der Waals surface area (Å²) < 4.78 is 10.9. The summed E-state index contributed by atoms with van der Waals surface area (Å²) in [6.07, 6.45) is 4.67. The molecule has 2 unspecified atom stereocenters. The van der Waals surface area contributed by atoms with Crippen molar-refractivity contribution in [3.63, 3.8) is 0 Å². The Bertz CT molecular complexity index is 750. The third kappa shape index (κ3) is 3.42. The van der Waals surface area contributed by atoms with Gasteiger partial charge in [-0.05, 0) is 69.4 Å². The Morgan fingerprint density at radius 1 is 1.19 bits per heavy atom. The predicted molar refractivity (Wildman–Crippen MR) is 103 cm³/mol. The van der Waals surface area contributed by atoms with Crippen LogP contribution in [0, 0.1) is 17.3 Å². The maximum atomic E-state index is 13.0. The molecule has 5 nitrogen and oxygen atoms in total. The van der Waals surface area contributed by atoms with Gasteiger partial charge in [0, 0.05) is 4.87 Å². The molecule has 4 aliphatic carbocycles. The van der Waals surface area contributed by atoms with Crippen LogP contribution in [-0.2, 0) is 14.3 Å². The number of hydrogen-bond donors (Lipinski definition) is 1. The van der Waals surface area contributed by atoms with Crippen molar-refractivity contribution in [3.05, 3.63) is 24.3 Å². The van der Waals surface area contributed by atoms with E-state index in [0.29, 0.717) is 29.7 Å². The number of para-hydroxylation sites is 2. The molecule has 0 aromatic heterocycles. The molecule has 1 aromatic rings. The number of esters is 1. The number of alkyl halides is 1. The molecule has 4 aliphatic rings. The molecule has 4 bridgehead atoms. The van der Waals surface area contributed by atoms with Crippen LogP contribution in [0.15, 0.2) is 24.3 Å². The minimum absolute atomic E-state index is 0.258. The zero-order valence-electron chi connectivity index (χ0n) is 15.8. The largest absolute Gasteiger partial charge is 0.495 e. The van der Waals surface area contributed by atoms with Crippen molar-refractivity contribution in [3.8, 4) is 5.75 Å². The highest BCUT2D eigenvalue weighted by molar-refractivity contribution is 6.24. The number of carbonyl (C=O) groups excluding carboxylic acids is 2. The maximum absolute atomic E-state index is 13.0. The Hall–Kier alpha value is -1.75. The van der Waals surface area contributed by atoms with Crippen LogP contribution in [0.1, 0.15) is 45.4 Å². The first-order chi connectivity index (χ1) is 12.8. The summed E-state index contributed by atoms with van der Waals surface area (Å²) in [4.78, 5) is 25.3. The average molecular weight is 392 g/mol. The van der Waals surface area contributed by atoms with Crippen molar-refractivity contribution >= 4 is 29.2 Å². The van der Waals surface area contributed by atoms with Gasteiger partial charge in [-0.2, -0.15) is 0 Å². The highest BCUT2D eigenvalue weighted by Crippen LogP contribution is 2.64. The van der Waals surface area contributed by atoms with Crippen LogP contribution in [-0.4, -0.2) is 30.0 Å². The first kappa shape index (κ1) is 18.6. The second kappa shape index (κ2) is 6.69. The Morgan fingerprint density at radius 3 is 2.48 bits per heavy atom. The average Bonchev–Trinajstić information content (AvgIpc) is 2.60. The number of anilines is 1. The zero-order chi connectivity index (χ0) is 19.2. The van der Waals surface area contributed by atoms with Crippen LogP contribution in [0.3, 0.4) is 0 Å². The van der Waals surface area contributed by atoms with Crippen LogP contribution >= 0.6 is 11.6 Å². The fourth-order valence-corrected chi connectivity index (χ4v) is 6.40. The van der Waals surface area contributed by atoms with Crippen LogP contribution < -0.4 is 10.1 Å². The van der Waals surface area contributed by atoms with Crippen molar-refractivity contribution in [2.45, 2.75) is 56.4 Å². The van der Waals surface area contributed by atoms with E-state index in [1.807, 2.05) is 12.1 Å². The van der Waals surface area contributed by atoms with Gasteiger partial charge in [-0.25, -0.2) is 0 Å². The molecule has 1 amide bonds. The van der Waals surface area contributed by atoms with E-state index in [2.05, 4.69) is 5.32 Å². The molecule has 0 spiro atoms. The van der Waals surface area contributed by atoms with E-state index in [0.717, 1.165) is 25.7 Å². The van der Waals surface area contributed by atoms with Gasteiger partial charge in [0.05, 0.1) is 18.2 Å². The molecule has 146 valence electrons. The summed E-state index contributed by atoms with van der Waals surface area (Å²) >= 11 is 6.80. The van der Waals surface area contributed by atoms with Gasteiger partial charge in [0.1, 0.15) is 5.75 Å². The van der Waals surface area contributed by atoms with Gasteiger partial charge >= 0.3 is 5.97 Å². The molecule has 1 N–H and O–H groups in total. The fourth-order valence-electron chi connectivity index (χ4n) is 5.71. The van der Waals surface area contributed by atoms with Gasteiger partial charge in [0.15, 0.2) is 6.10 Å². The molecule has 4 fully saturated rings. The van der Waals surface area contributed by atoms with Gasteiger partial charge in [-0.1, -0.05) is 12.1 Å². The lowest BCUT2D eigenvalue weighted by atomic mass is 9.49. The zero-order valence-corrected chi connectivity index (χ0v) is 16.6. The van der Waals surface area contributed by atoms with E-state index in [-0.39, 0.29) is 16.8 Å². The van der Waals surface area contributed by atoms with Gasteiger partial charge in [0.2, 0.25) is 0 Å². The lowest BCUT2D eigenvalue weighted by Crippen LogP contribution is -2.57. The number of carbonyl (C=O) groups is 2. The highest BCUT2D eigenvalue weighted by Gasteiger charge is 2.61. The van der Waals surface area contributed by atoms with Crippen molar-refractivity contribution < 1.29 is 19.1 Å². The second-order valence-electron chi connectivity index (χ2n) is 8.63. The topological polar surface area (TPSA) is 64.6 Å². The normalized spacial score (nSPS) is 34.8. The number of amides is 1. The standard InChI is InChI=1S/C21H26ClNO4/c1-13(18(24)23-16-5-3-4-6-17(16)26-2)27-19(25)20-8-14-7-15(9-20)11-21(22,10-14)12-20/h3-6,13-15H,7-12H2,1-2H3,(H,23,24)/t13-,14-,15+,20?,21?/m1/s1. The highest BCUT2D eigenvalue weighted by atomic mass is 35.5. The van der Waals surface area contributed by atoms with E-state index >= 15 is 0 Å². The molecule has 6 heteroatoms. The molecule has 0 radical (unpaired) electrons. The summed E-state index contributed by atoms with van der Waals surface area (Å²) in [6, 6.07) is 7.15. The third-order valence-corrected chi connectivity index (χ3v) is 6.88. The Kier molecular flexibility index (Phi) is 4.61. The van der Waals surface area contributed by atoms with Gasteiger partial charge in [-0.3, -0.25) is 9.59 Å². The van der Waals surface area contributed by atoms with Crippen LogP contribution in [0.2, 0.25) is 0 Å². The van der Waals surface area contributed by atoms with E-state index in [1.54, 1.807) is 26.2 Å². The summed E-state index contributed by atoms with van der Waals surface area (Å²) in [6.45, 7) is 1.61. The maximum Gasteiger partial charge on any atom is 0.312 e. The van der Waals surface area contributed by atoms with Crippen molar-refractivity contribution in [1.82, 2.24) is 0 Å². The van der Waals surface area contributed by atoms with E-state index < -0.39 is 11.5 Å². The molecule has 5 atom stereocenters. The quantitative estimate of drug-likeness (QED) is 0.605. The second-order valence-corrected chi connectivity index (χ2v) is 9.43. The van der Waals surface area contributed by atoms with Crippen LogP contribution in [0.4, 0.5) is 5.69 Å². The molecule has 4 saturated carbocycles. The Balaban J connectivity index is 1.43. The molecular formula is C21H26ClNO4. The van der Waals surface area contributed by atoms with E-state index in [4.69, 9.17) is 21.1 Å². The predicted octanol–water partition coefficient (Wildman–Crippen LogP) is 4.14. The first-order valence-electron chi connectivity index (χ1n) is 9.66. The molecule has 0 aliphatic heterocycles. The summed E-state index contributed by atoms with van der Waals surface area (Å²) in [5, 5.41) is 2.78. The van der Waals surface area contributed by atoms with E-state index in [9.17, 15) is 9.59 Å². The number of benzene rings is 1. The number of hydrogen-bond acceptors (Lipinski definition) is 4. The van der Waals surface area contributed by atoms with Gasteiger partial charge in [-0.15, -0.1) is 11.6 Å². The number of nitrogens with one attached hydrogen (secondary N) is 1. The van der Waals surface area contributed by atoms with Crippen LogP contribution in [0.5, 0.6) is 5.75 Å². The fraction of sp³-hybridized carbons (Fsp3) is 0.619. The number of ether oxygens (including phenoxy) is 2. The lowest BCUT2D eigenvalue weighted by Gasteiger charge is -2.58. The number of methoxy groups -OCH3 is 1. The SMILES string of the molecule is COc1ccccc1NC(=O)[C@@H](C)OC(=O)C12C[C@@H]3C[C@@H](CC(Cl)(C3)C1)C2. The van der Waals surface area contributed by atoms with E-state index in [1.165, 1.54) is 6.42 Å². The molecule has 0 heterocycles. The molecule has 27 heavy (non-hydrogen) atoms. The number of halogens is 1. The lowest BCUT2D eigenvalue weighted by molar-refractivity contribution is -0.176. The van der Waals surface area contributed by atoms with Gasteiger partial charge < -0.3 is 14.8 Å². The summed E-state index contributed by atoms with van der Waals surface area (Å²) in [5.41, 5.74) is 0.0487. The Morgan fingerprint density at radius 2 is 1.85 bits per heavy atom. The molecule has 5 rings (SSSR count).